The van der Waals surface area contributed by atoms with Crippen LogP contribution in [0.15, 0.2) is 42.1 Å². The van der Waals surface area contributed by atoms with Crippen molar-refractivity contribution in [2.24, 2.45) is 5.16 Å². The highest BCUT2D eigenvalue weighted by atomic mass is 16.4. The molecule has 0 spiro atoms. The topological polar surface area (TPSA) is 71.3 Å². The van der Waals surface area contributed by atoms with Gasteiger partial charge >= 0.3 is 0 Å². The predicted molar refractivity (Wildman–Crippen MR) is 72.3 cm³/mol. The SMILES string of the molecule is ON=Cc1cnc(CCCCc2cccnc2)cn1. The molecule has 98 valence electrons. The monoisotopic (exact) mass is 256 g/mol. The molecule has 5 heteroatoms. The third-order valence-corrected chi connectivity index (χ3v) is 2.79. The summed E-state index contributed by atoms with van der Waals surface area (Å²) in [5.41, 5.74) is 2.78. The molecule has 0 atom stereocenters. The van der Waals surface area contributed by atoms with Crippen molar-refractivity contribution in [1.82, 2.24) is 15.0 Å². The lowest BCUT2D eigenvalue weighted by molar-refractivity contribution is 0.321. The zero-order valence-electron chi connectivity index (χ0n) is 10.6. The second-order valence-electron chi connectivity index (χ2n) is 4.25. The van der Waals surface area contributed by atoms with Gasteiger partial charge in [0, 0.05) is 18.6 Å². The molecule has 2 aromatic rings. The molecule has 5 nitrogen and oxygen atoms in total. The van der Waals surface area contributed by atoms with E-state index in [1.54, 1.807) is 18.6 Å². The van der Waals surface area contributed by atoms with Gasteiger partial charge in [-0.1, -0.05) is 11.2 Å². The van der Waals surface area contributed by atoms with E-state index in [4.69, 9.17) is 5.21 Å². The van der Waals surface area contributed by atoms with E-state index in [0.717, 1.165) is 31.4 Å². The minimum absolute atomic E-state index is 0.557. The Morgan fingerprint density at radius 1 is 1.11 bits per heavy atom. The van der Waals surface area contributed by atoms with Crippen molar-refractivity contribution < 1.29 is 5.21 Å². The van der Waals surface area contributed by atoms with Crippen molar-refractivity contribution in [1.29, 1.82) is 0 Å². The molecular weight excluding hydrogens is 240 g/mol. The van der Waals surface area contributed by atoms with Crippen LogP contribution in [-0.2, 0) is 12.8 Å². The van der Waals surface area contributed by atoms with Crippen LogP contribution in [0.5, 0.6) is 0 Å². The molecule has 19 heavy (non-hydrogen) atoms. The maximum Gasteiger partial charge on any atom is 0.103 e. The summed E-state index contributed by atoms with van der Waals surface area (Å²) in [7, 11) is 0. The molecule has 0 radical (unpaired) electrons. The van der Waals surface area contributed by atoms with E-state index < -0.39 is 0 Å². The zero-order chi connectivity index (χ0) is 13.3. The minimum atomic E-state index is 0.557. The third kappa shape index (κ3) is 4.46. The Balaban J connectivity index is 1.73. The van der Waals surface area contributed by atoms with Crippen LogP contribution in [0, 0.1) is 0 Å². The number of oxime groups is 1. The molecule has 0 fully saturated rings. The fourth-order valence-electron chi connectivity index (χ4n) is 1.80. The molecule has 2 heterocycles. The van der Waals surface area contributed by atoms with Crippen LogP contribution in [0.25, 0.3) is 0 Å². The first-order valence-electron chi connectivity index (χ1n) is 6.26. The van der Waals surface area contributed by atoms with Crippen LogP contribution in [0.3, 0.4) is 0 Å². The first-order chi connectivity index (χ1) is 9.38. The Morgan fingerprint density at radius 2 is 2.00 bits per heavy atom. The van der Waals surface area contributed by atoms with E-state index >= 15 is 0 Å². The number of unbranched alkanes of at least 4 members (excludes halogenated alkanes) is 1. The fraction of sp³-hybridized carbons (Fsp3) is 0.286. The molecular formula is C14H16N4O. The lowest BCUT2D eigenvalue weighted by Gasteiger charge is -2.01. The van der Waals surface area contributed by atoms with E-state index in [-0.39, 0.29) is 0 Å². The van der Waals surface area contributed by atoms with Gasteiger partial charge in [-0.2, -0.15) is 0 Å². The second kappa shape index (κ2) is 7.20. The lowest BCUT2D eigenvalue weighted by Crippen LogP contribution is -1.96. The van der Waals surface area contributed by atoms with Gasteiger partial charge in [0.2, 0.25) is 0 Å². The normalized spacial score (nSPS) is 10.9. The molecule has 2 rings (SSSR count). The van der Waals surface area contributed by atoms with Gasteiger partial charge in [-0.15, -0.1) is 0 Å². The van der Waals surface area contributed by atoms with Crippen molar-refractivity contribution in [2.75, 3.05) is 0 Å². The Labute approximate surface area is 112 Å². The number of aromatic nitrogens is 3. The summed E-state index contributed by atoms with van der Waals surface area (Å²) in [6, 6.07) is 4.05. The van der Waals surface area contributed by atoms with Crippen LogP contribution >= 0.6 is 0 Å². The summed E-state index contributed by atoms with van der Waals surface area (Å²) >= 11 is 0. The maximum atomic E-state index is 8.37. The minimum Gasteiger partial charge on any atom is -0.411 e. The molecule has 0 aromatic carbocycles. The number of nitrogens with zero attached hydrogens (tertiary/aromatic N) is 4. The van der Waals surface area contributed by atoms with E-state index in [0.29, 0.717) is 5.69 Å². The summed E-state index contributed by atoms with van der Waals surface area (Å²) in [5, 5.41) is 11.3. The maximum absolute atomic E-state index is 8.37. The van der Waals surface area contributed by atoms with Crippen LogP contribution < -0.4 is 0 Å². The van der Waals surface area contributed by atoms with Crippen LogP contribution in [-0.4, -0.2) is 26.4 Å². The average molecular weight is 256 g/mol. The Hall–Kier alpha value is -2.30. The molecule has 0 unspecified atom stereocenters. The molecule has 0 saturated carbocycles. The predicted octanol–water partition coefficient (Wildman–Crippen LogP) is 2.25. The van der Waals surface area contributed by atoms with Gasteiger partial charge in [-0.3, -0.25) is 15.0 Å². The summed E-state index contributed by atoms with van der Waals surface area (Å²) in [4.78, 5) is 12.5. The number of hydrogen-bond donors (Lipinski definition) is 1. The standard InChI is InChI=1S/C14H16N4O/c19-18-11-14-10-16-13(9-17-14)6-2-1-4-12-5-3-7-15-8-12/h3,5,7-11,19H,1-2,4,6H2. The summed E-state index contributed by atoms with van der Waals surface area (Å²) < 4.78 is 0. The number of pyridine rings is 1. The van der Waals surface area contributed by atoms with E-state index in [1.165, 1.54) is 11.8 Å². The van der Waals surface area contributed by atoms with Crippen LogP contribution in [0.4, 0.5) is 0 Å². The molecule has 2 aromatic heterocycles. The zero-order valence-corrected chi connectivity index (χ0v) is 10.6. The Kier molecular flexibility index (Phi) is 4.98. The van der Waals surface area contributed by atoms with Crippen molar-refractivity contribution in [3.63, 3.8) is 0 Å². The van der Waals surface area contributed by atoms with Crippen LogP contribution in [0.1, 0.15) is 29.8 Å². The highest BCUT2D eigenvalue weighted by Crippen LogP contribution is 2.06. The highest BCUT2D eigenvalue weighted by Gasteiger charge is 1.98. The quantitative estimate of drug-likeness (QED) is 0.372. The Bertz CT molecular complexity index is 511. The fourth-order valence-corrected chi connectivity index (χ4v) is 1.80. The van der Waals surface area contributed by atoms with Gasteiger partial charge in [0.05, 0.1) is 18.1 Å². The number of aryl methyl sites for hydroxylation is 2. The first-order valence-corrected chi connectivity index (χ1v) is 6.26. The molecule has 0 aliphatic carbocycles. The van der Waals surface area contributed by atoms with E-state index in [2.05, 4.69) is 26.2 Å². The second-order valence-corrected chi connectivity index (χ2v) is 4.25. The molecule has 0 aliphatic rings. The smallest absolute Gasteiger partial charge is 0.103 e. The van der Waals surface area contributed by atoms with Crippen molar-refractivity contribution >= 4 is 6.21 Å². The molecule has 0 amide bonds. The van der Waals surface area contributed by atoms with Crippen molar-refractivity contribution in [3.05, 3.63) is 53.9 Å². The largest absolute Gasteiger partial charge is 0.411 e. The average Bonchev–Trinajstić information content (AvgIpc) is 2.47. The van der Waals surface area contributed by atoms with Gasteiger partial charge in [0.15, 0.2) is 0 Å². The van der Waals surface area contributed by atoms with Gasteiger partial charge in [0.1, 0.15) is 5.69 Å². The molecule has 1 N–H and O–H groups in total. The van der Waals surface area contributed by atoms with E-state index in [9.17, 15) is 0 Å². The lowest BCUT2D eigenvalue weighted by atomic mass is 10.1. The first kappa shape index (κ1) is 13.1. The molecule has 0 bridgehead atoms. The Morgan fingerprint density at radius 3 is 2.68 bits per heavy atom. The van der Waals surface area contributed by atoms with Crippen molar-refractivity contribution in [2.45, 2.75) is 25.7 Å². The highest BCUT2D eigenvalue weighted by molar-refractivity contribution is 5.75. The third-order valence-electron chi connectivity index (χ3n) is 2.79. The number of hydrogen-bond acceptors (Lipinski definition) is 5. The molecule has 0 aliphatic heterocycles. The van der Waals surface area contributed by atoms with Gasteiger partial charge < -0.3 is 5.21 Å². The van der Waals surface area contributed by atoms with Crippen molar-refractivity contribution in [3.8, 4) is 0 Å². The van der Waals surface area contributed by atoms with Gasteiger partial charge in [-0.05, 0) is 37.3 Å². The summed E-state index contributed by atoms with van der Waals surface area (Å²) in [5.74, 6) is 0. The molecule has 0 saturated heterocycles. The van der Waals surface area contributed by atoms with Crippen LogP contribution in [0.2, 0.25) is 0 Å². The van der Waals surface area contributed by atoms with Gasteiger partial charge in [-0.25, -0.2) is 0 Å². The number of rotatable bonds is 6. The summed E-state index contributed by atoms with van der Waals surface area (Å²) in [6.07, 6.45) is 12.4. The summed E-state index contributed by atoms with van der Waals surface area (Å²) in [6.45, 7) is 0. The van der Waals surface area contributed by atoms with E-state index in [1.807, 2.05) is 12.3 Å². The van der Waals surface area contributed by atoms with Gasteiger partial charge in [0.25, 0.3) is 0 Å².